The lowest BCUT2D eigenvalue weighted by atomic mass is 10.0. The van der Waals surface area contributed by atoms with Crippen molar-refractivity contribution in [2.24, 2.45) is 0 Å². The standard InChI is InChI=1S/C55H44N4/c1-4-5-6-21-38(2)40-23-7-13-29-46(40)56-47-36-54(57-35-20-19-22-39(3)41-24-8-14-30-48(41)57)55(59-51-33-17-11-27-44(51)45-28-12-18-34-52(45)59)37-53(47)58-49-31-15-9-25-42(49)43-26-10-16-32-50(43)58/h4-15,17-31,33-37,56H,2-3,16,32H2,1H3/b5-4-,21-6-,22-19-,35-20-. The lowest BCUT2D eigenvalue weighted by Gasteiger charge is -2.30. The molecule has 4 heteroatoms. The molecule has 284 valence electrons. The third kappa shape index (κ3) is 6.18. The summed E-state index contributed by atoms with van der Waals surface area (Å²) in [6.45, 7) is 11.0. The fraction of sp³-hybridized carbons (Fsp3) is 0.0545. The summed E-state index contributed by atoms with van der Waals surface area (Å²) in [5.41, 5.74) is 16.2. The minimum atomic E-state index is 0.926. The Kier molecular flexibility index (Phi) is 9.15. The van der Waals surface area contributed by atoms with Crippen molar-refractivity contribution < 1.29 is 0 Å². The lowest BCUT2D eigenvalue weighted by Crippen LogP contribution is -2.16. The van der Waals surface area contributed by atoms with Gasteiger partial charge in [0.25, 0.3) is 0 Å². The van der Waals surface area contributed by atoms with Crippen molar-refractivity contribution in [3.8, 4) is 11.4 Å². The van der Waals surface area contributed by atoms with Crippen molar-refractivity contribution in [2.45, 2.75) is 19.8 Å². The van der Waals surface area contributed by atoms with Crippen LogP contribution in [0, 0.1) is 0 Å². The van der Waals surface area contributed by atoms with Gasteiger partial charge in [-0.05, 0) is 79.5 Å². The summed E-state index contributed by atoms with van der Waals surface area (Å²) in [6.07, 6.45) is 23.2. The van der Waals surface area contributed by atoms with E-state index in [1.165, 1.54) is 32.9 Å². The van der Waals surface area contributed by atoms with Gasteiger partial charge in [0, 0.05) is 50.4 Å². The first kappa shape index (κ1) is 35.8. The molecule has 4 nitrogen and oxygen atoms in total. The van der Waals surface area contributed by atoms with Crippen LogP contribution in [0.25, 0.3) is 61.3 Å². The van der Waals surface area contributed by atoms with Crippen LogP contribution in [-0.2, 0) is 6.42 Å². The van der Waals surface area contributed by atoms with Crippen molar-refractivity contribution in [1.82, 2.24) is 9.13 Å². The molecule has 0 spiro atoms. The molecule has 2 aliphatic rings. The monoisotopic (exact) mass is 760 g/mol. The summed E-state index contributed by atoms with van der Waals surface area (Å²) in [4.78, 5) is 2.33. The van der Waals surface area contributed by atoms with Crippen LogP contribution in [0.4, 0.5) is 22.7 Å². The number of allylic oxidation sites excluding steroid dienone is 10. The Labute approximate surface area is 345 Å². The highest BCUT2D eigenvalue weighted by atomic mass is 15.2. The maximum atomic E-state index is 4.51. The summed E-state index contributed by atoms with van der Waals surface area (Å²) < 4.78 is 4.95. The number of nitrogens with one attached hydrogen (secondary N) is 1. The van der Waals surface area contributed by atoms with Crippen molar-refractivity contribution >= 4 is 72.7 Å². The molecule has 2 aromatic heterocycles. The van der Waals surface area contributed by atoms with E-state index in [-0.39, 0.29) is 0 Å². The molecule has 0 saturated heterocycles. The van der Waals surface area contributed by atoms with Crippen LogP contribution >= 0.6 is 0 Å². The van der Waals surface area contributed by atoms with E-state index in [1.54, 1.807) is 0 Å². The minimum Gasteiger partial charge on any atom is -0.353 e. The molecule has 10 rings (SSSR count). The zero-order valence-electron chi connectivity index (χ0n) is 33.1. The predicted octanol–water partition coefficient (Wildman–Crippen LogP) is 14.8. The first-order valence-electron chi connectivity index (χ1n) is 20.3. The molecule has 3 heterocycles. The second kappa shape index (κ2) is 15.1. The van der Waals surface area contributed by atoms with E-state index in [2.05, 4.69) is 209 Å². The van der Waals surface area contributed by atoms with Crippen LogP contribution in [0.1, 0.15) is 35.7 Å². The van der Waals surface area contributed by atoms with E-state index in [0.29, 0.717) is 0 Å². The van der Waals surface area contributed by atoms with Gasteiger partial charge in [-0.3, -0.25) is 0 Å². The number of hydrogen-bond donors (Lipinski definition) is 1. The van der Waals surface area contributed by atoms with Crippen LogP contribution < -0.4 is 10.2 Å². The largest absolute Gasteiger partial charge is 0.353 e. The summed E-state index contributed by atoms with van der Waals surface area (Å²) >= 11 is 0. The highest BCUT2D eigenvalue weighted by Crippen LogP contribution is 2.46. The zero-order valence-corrected chi connectivity index (χ0v) is 33.1. The van der Waals surface area contributed by atoms with Gasteiger partial charge in [0.1, 0.15) is 0 Å². The van der Waals surface area contributed by atoms with Gasteiger partial charge in [-0.15, -0.1) is 0 Å². The van der Waals surface area contributed by atoms with E-state index >= 15 is 0 Å². The van der Waals surface area contributed by atoms with Crippen molar-refractivity contribution in [1.29, 1.82) is 0 Å². The van der Waals surface area contributed by atoms with Crippen LogP contribution in [0.15, 0.2) is 201 Å². The van der Waals surface area contributed by atoms with Gasteiger partial charge in [0.15, 0.2) is 0 Å². The van der Waals surface area contributed by atoms with Crippen molar-refractivity contribution in [3.63, 3.8) is 0 Å². The van der Waals surface area contributed by atoms with Crippen molar-refractivity contribution in [3.05, 3.63) is 224 Å². The zero-order chi connectivity index (χ0) is 39.9. The third-order valence-electron chi connectivity index (χ3n) is 11.6. The Balaban J connectivity index is 1.34. The number of rotatable bonds is 8. The molecule has 1 aliphatic carbocycles. The molecular weight excluding hydrogens is 717 g/mol. The molecule has 0 fully saturated rings. The Morgan fingerprint density at radius 1 is 0.627 bits per heavy atom. The molecule has 1 N–H and O–H groups in total. The average molecular weight is 761 g/mol. The van der Waals surface area contributed by atoms with Gasteiger partial charge in [-0.1, -0.05) is 153 Å². The maximum Gasteiger partial charge on any atom is 0.0725 e. The molecule has 6 aromatic carbocycles. The topological polar surface area (TPSA) is 25.1 Å². The smallest absolute Gasteiger partial charge is 0.0725 e. The van der Waals surface area contributed by atoms with Crippen LogP contribution in [0.5, 0.6) is 0 Å². The second-order valence-electron chi connectivity index (χ2n) is 15.1. The molecule has 0 unspecified atom stereocenters. The molecule has 59 heavy (non-hydrogen) atoms. The highest BCUT2D eigenvalue weighted by molar-refractivity contribution is 6.10. The number of para-hydroxylation sites is 5. The first-order chi connectivity index (χ1) is 29.1. The summed E-state index contributed by atoms with van der Waals surface area (Å²) in [5.74, 6) is 0. The Bertz CT molecular complexity index is 3080. The predicted molar refractivity (Wildman–Crippen MR) is 254 cm³/mol. The summed E-state index contributed by atoms with van der Waals surface area (Å²) in [6, 6.07) is 48.1. The van der Waals surface area contributed by atoms with E-state index < -0.39 is 0 Å². The van der Waals surface area contributed by atoms with Gasteiger partial charge in [-0.2, -0.15) is 0 Å². The minimum absolute atomic E-state index is 0.926. The number of anilines is 4. The van der Waals surface area contributed by atoms with Crippen LogP contribution in [0.3, 0.4) is 0 Å². The van der Waals surface area contributed by atoms with Gasteiger partial charge in [-0.25, -0.2) is 0 Å². The number of fused-ring (bicyclic) bond motifs is 7. The third-order valence-corrected chi connectivity index (χ3v) is 11.6. The van der Waals surface area contributed by atoms with E-state index in [9.17, 15) is 0 Å². The quantitative estimate of drug-likeness (QED) is 0.156. The van der Waals surface area contributed by atoms with E-state index in [4.69, 9.17) is 0 Å². The fourth-order valence-electron chi connectivity index (χ4n) is 8.88. The number of hydrogen-bond acceptors (Lipinski definition) is 2. The van der Waals surface area contributed by atoms with E-state index in [0.717, 1.165) is 80.3 Å². The molecule has 0 bridgehead atoms. The van der Waals surface area contributed by atoms with E-state index in [1.807, 2.05) is 25.2 Å². The maximum absolute atomic E-state index is 4.51. The van der Waals surface area contributed by atoms with Crippen LogP contribution in [-0.4, -0.2) is 9.13 Å². The van der Waals surface area contributed by atoms with Gasteiger partial charge < -0.3 is 19.4 Å². The highest BCUT2D eigenvalue weighted by Gasteiger charge is 2.26. The van der Waals surface area contributed by atoms with Gasteiger partial charge in [0.05, 0.1) is 45.0 Å². The molecule has 0 amide bonds. The Morgan fingerprint density at radius 3 is 2.08 bits per heavy atom. The van der Waals surface area contributed by atoms with Gasteiger partial charge in [0.2, 0.25) is 0 Å². The first-order valence-corrected chi connectivity index (χ1v) is 20.3. The summed E-state index contributed by atoms with van der Waals surface area (Å²) in [5, 5.41) is 7.69. The molecule has 1 aliphatic heterocycles. The normalized spacial score (nSPS) is 14.9. The lowest BCUT2D eigenvalue weighted by molar-refractivity contribution is 0.888. The molecule has 0 radical (unpaired) electrons. The van der Waals surface area contributed by atoms with Crippen molar-refractivity contribution in [2.75, 3.05) is 10.2 Å². The molecule has 0 atom stereocenters. The molecule has 0 saturated carbocycles. The Morgan fingerprint density at radius 2 is 1.31 bits per heavy atom. The van der Waals surface area contributed by atoms with Crippen LogP contribution in [0.2, 0.25) is 0 Å². The number of benzene rings is 6. The molecular formula is C55H44N4. The Hall–Kier alpha value is -7.56. The number of aromatic nitrogens is 2. The molecule has 8 aromatic rings. The number of nitrogens with zero attached hydrogens (tertiary/aromatic N) is 3. The SMILES string of the molecule is C=C(/C=C\C=C/C)c1ccccc1Nc1cc(N2/C=C\C=C/C(=C)c3ccccc32)c(-n2c3ccccc3c3ccccc32)cc1-n1c2c(c3ccccc31)C=CCC2. The average Bonchev–Trinajstić information content (AvgIpc) is 3.79. The summed E-state index contributed by atoms with van der Waals surface area (Å²) in [7, 11) is 0. The van der Waals surface area contributed by atoms with Gasteiger partial charge >= 0.3 is 0 Å². The second-order valence-corrected chi connectivity index (χ2v) is 15.1. The fourth-order valence-corrected chi connectivity index (χ4v) is 8.88.